The van der Waals surface area contributed by atoms with Crippen LogP contribution in [0.15, 0.2) is 53.1 Å². The Morgan fingerprint density at radius 2 is 1.91 bits per heavy atom. The van der Waals surface area contributed by atoms with Gasteiger partial charge in [-0.1, -0.05) is 53.0 Å². The Morgan fingerprint density at radius 3 is 2.56 bits per heavy atom. The molecule has 1 aliphatic rings. The van der Waals surface area contributed by atoms with E-state index in [1.54, 1.807) is 32.0 Å². The second-order valence-electron chi connectivity index (χ2n) is 8.34. The van der Waals surface area contributed by atoms with Gasteiger partial charge in [0.25, 0.3) is 0 Å². The van der Waals surface area contributed by atoms with Crippen molar-refractivity contribution in [2.75, 3.05) is 5.32 Å². The number of halogens is 1. The number of aryl methyl sites for hydroxylation is 1. The number of carboxylic acids is 1. The molecule has 1 atom stereocenters. The maximum Gasteiger partial charge on any atom is 0.412 e. The number of nitrogens with one attached hydrogen (secondary N) is 1. The number of hydrogen-bond acceptors (Lipinski definition) is 5. The zero-order chi connectivity index (χ0) is 24.3. The van der Waals surface area contributed by atoms with Crippen LogP contribution in [0.3, 0.4) is 0 Å². The highest BCUT2D eigenvalue weighted by molar-refractivity contribution is 6.31. The van der Waals surface area contributed by atoms with E-state index in [0.29, 0.717) is 22.0 Å². The molecule has 1 aromatic heterocycles. The van der Waals surface area contributed by atoms with Gasteiger partial charge in [0.2, 0.25) is 5.76 Å². The van der Waals surface area contributed by atoms with Gasteiger partial charge in [0.05, 0.1) is 6.42 Å². The summed E-state index contributed by atoms with van der Waals surface area (Å²) in [5.41, 5.74) is 2.98. The summed E-state index contributed by atoms with van der Waals surface area (Å²) in [7, 11) is 0. The topological polar surface area (TPSA) is 102 Å². The van der Waals surface area contributed by atoms with E-state index >= 15 is 0 Å². The minimum absolute atomic E-state index is 0.135. The number of carbonyl (C=O) groups is 2. The summed E-state index contributed by atoms with van der Waals surface area (Å²) in [5, 5.41) is 16.2. The molecule has 1 heterocycles. The first-order valence-electron chi connectivity index (χ1n) is 10.8. The Bertz CT molecular complexity index is 1280. The maximum absolute atomic E-state index is 12.5. The van der Waals surface area contributed by atoms with Gasteiger partial charge in [-0.3, -0.25) is 10.1 Å². The normalized spacial score (nSPS) is 14.4. The highest BCUT2D eigenvalue weighted by Gasteiger charge is 2.45. The molecule has 1 unspecified atom stereocenters. The third-order valence-corrected chi connectivity index (χ3v) is 6.22. The number of carboxylic acid groups (broad SMARTS) is 1. The molecular formula is C26H23ClN2O5. The van der Waals surface area contributed by atoms with Crippen LogP contribution in [0, 0.1) is 18.8 Å². The van der Waals surface area contributed by atoms with Crippen molar-refractivity contribution in [3.8, 4) is 11.8 Å². The number of benzene rings is 2. The van der Waals surface area contributed by atoms with Crippen LogP contribution in [-0.4, -0.2) is 22.3 Å². The fourth-order valence-electron chi connectivity index (χ4n) is 3.81. The van der Waals surface area contributed by atoms with Crippen molar-refractivity contribution in [3.63, 3.8) is 0 Å². The fourth-order valence-corrected chi connectivity index (χ4v) is 4.10. The van der Waals surface area contributed by atoms with E-state index in [4.69, 9.17) is 26.0 Å². The van der Waals surface area contributed by atoms with E-state index in [1.807, 2.05) is 30.3 Å². The van der Waals surface area contributed by atoms with E-state index in [1.165, 1.54) is 0 Å². The van der Waals surface area contributed by atoms with Crippen LogP contribution in [0.2, 0.25) is 5.02 Å². The second kappa shape index (κ2) is 9.62. The summed E-state index contributed by atoms with van der Waals surface area (Å²) in [4.78, 5) is 23.6. The van der Waals surface area contributed by atoms with Gasteiger partial charge in [-0.25, -0.2) is 4.79 Å². The molecule has 0 saturated heterocycles. The van der Waals surface area contributed by atoms with Gasteiger partial charge in [-0.2, -0.15) is 0 Å². The summed E-state index contributed by atoms with van der Waals surface area (Å²) in [6.07, 6.45) is 0.649. The van der Waals surface area contributed by atoms with Gasteiger partial charge in [0, 0.05) is 21.6 Å². The Kier molecular flexibility index (Phi) is 6.62. The van der Waals surface area contributed by atoms with Gasteiger partial charge in [0.1, 0.15) is 17.5 Å². The van der Waals surface area contributed by atoms with Gasteiger partial charge in [-0.15, -0.1) is 0 Å². The number of aromatic nitrogens is 1. The molecule has 8 heteroatoms. The van der Waals surface area contributed by atoms with Crippen molar-refractivity contribution in [2.45, 2.75) is 44.6 Å². The zero-order valence-electron chi connectivity index (χ0n) is 18.7. The van der Waals surface area contributed by atoms with E-state index in [0.717, 1.165) is 24.0 Å². The number of rotatable bonds is 6. The summed E-state index contributed by atoms with van der Waals surface area (Å²) < 4.78 is 10.7. The van der Waals surface area contributed by atoms with Crippen LogP contribution in [0.25, 0.3) is 0 Å². The number of amides is 1. The van der Waals surface area contributed by atoms with E-state index in [9.17, 15) is 9.59 Å². The monoisotopic (exact) mass is 478 g/mol. The molecule has 0 spiro atoms. The molecule has 2 aromatic carbocycles. The summed E-state index contributed by atoms with van der Waals surface area (Å²) in [6.45, 7) is 3.42. The van der Waals surface area contributed by atoms with E-state index in [-0.39, 0.29) is 17.6 Å². The second-order valence-corrected chi connectivity index (χ2v) is 8.75. The predicted octanol–water partition coefficient (Wildman–Crippen LogP) is 5.85. The van der Waals surface area contributed by atoms with Crippen molar-refractivity contribution in [1.29, 1.82) is 0 Å². The lowest BCUT2D eigenvalue weighted by Crippen LogP contribution is -2.17. The average molecular weight is 479 g/mol. The molecule has 2 N–H and O–H groups in total. The standard InChI is InChI=1S/C26H23ClN2O5/c1-16-24(28-25(32)33-17(2)20-5-3-4-6-21(20)27)22(34-29-16)12-9-18-7-10-19(11-8-18)26(13-14-26)15-23(30)31/h3-8,10-11,17H,13-15H2,1-2H3,(H,28,32)(H,30,31). The lowest BCUT2D eigenvalue weighted by Gasteiger charge is -2.15. The molecule has 1 aliphatic carbocycles. The molecule has 1 saturated carbocycles. The van der Waals surface area contributed by atoms with Gasteiger partial charge in [0.15, 0.2) is 0 Å². The molecule has 0 bridgehead atoms. The van der Waals surface area contributed by atoms with Gasteiger partial charge < -0.3 is 14.4 Å². The van der Waals surface area contributed by atoms with E-state index < -0.39 is 18.2 Å². The Balaban J connectivity index is 1.44. The molecule has 3 aromatic rings. The van der Waals surface area contributed by atoms with Crippen molar-refractivity contribution >= 4 is 29.4 Å². The summed E-state index contributed by atoms with van der Waals surface area (Å²) in [5.74, 6) is 5.30. The SMILES string of the molecule is Cc1noc(C#Cc2ccc(C3(CC(=O)O)CC3)cc2)c1NC(=O)OC(C)c1ccccc1Cl. The van der Waals surface area contributed by atoms with Crippen molar-refractivity contribution < 1.29 is 24.0 Å². The fraction of sp³-hybridized carbons (Fsp3) is 0.269. The van der Waals surface area contributed by atoms with Crippen LogP contribution in [0.1, 0.15) is 60.4 Å². The third-order valence-electron chi connectivity index (χ3n) is 5.88. The minimum atomic E-state index is -0.790. The molecule has 1 fully saturated rings. The van der Waals surface area contributed by atoms with Crippen molar-refractivity contribution in [3.05, 3.63) is 81.7 Å². The minimum Gasteiger partial charge on any atom is -0.481 e. The molecule has 34 heavy (non-hydrogen) atoms. The summed E-state index contributed by atoms with van der Waals surface area (Å²) >= 11 is 6.17. The molecule has 1 amide bonds. The number of ether oxygens (including phenoxy) is 1. The Labute approximate surface area is 202 Å². The molecule has 0 radical (unpaired) electrons. The smallest absolute Gasteiger partial charge is 0.412 e. The number of anilines is 1. The zero-order valence-corrected chi connectivity index (χ0v) is 19.5. The first-order valence-corrected chi connectivity index (χ1v) is 11.2. The Hall–Kier alpha value is -3.76. The lowest BCUT2D eigenvalue weighted by molar-refractivity contribution is -0.137. The molecular weight excluding hydrogens is 456 g/mol. The first kappa shape index (κ1) is 23.4. The van der Waals surface area contributed by atoms with Crippen LogP contribution in [0.4, 0.5) is 10.5 Å². The van der Waals surface area contributed by atoms with Crippen LogP contribution < -0.4 is 5.32 Å². The summed E-state index contributed by atoms with van der Waals surface area (Å²) in [6, 6.07) is 14.7. The van der Waals surface area contributed by atoms with Crippen LogP contribution in [-0.2, 0) is 14.9 Å². The molecule has 4 rings (SSSR count). The quantitative estimate of drug-likeness (QED) is 0.431. The Morgan fingerprint density at radius 1 is 1.21 bits per heavy atom. The average Bonchev–Trinajstić information content (AvgIpc) is 3.49. The van der Waals surface area contributed by atoms with Gasteiger partial charge >= 0.3 is 12.1 Å². The van der Waals surface area contributed by atoms with Crippen molar-refractivity contribution in [2.24, 2.45) is 0 Å². The molecule has 7 nitrogen and oxygen atoms in total. The highest BCUT2D eigenvalue weighted by Crippen LogP contribution is 2.51. The van der Waals surface area contributed by atoms with Gasteiger partial charge in [-0.05, 0) is 56.4 Å². The molecule has 174 valence electrons. The van der Waals surface area contributed by atoms with Crippen LogP contribution >= 0.6 is 11.6 Å². The number of aliphatic carboxylic acids is 1. The largest absolute Gasteiger partial charge is 0.481 e. The van der Waals surface area contributed by atoms with Crippen molar-refractivity contribution in [1.82, 2.24) is 5.16 Å². The van der Waals surface area contributed by atoms with Crippen LogP contribution in [0.5, 0.6) is 0 Å². The first-order chi connectivity index (χ1) is 16.3. The lowest BCUT2D eigenvalue weighted by atomic mass is 9.92. The number of nitrogens with zero attached hydrogens (tertiary/aromatic N) is 1. The molecule has 0 aliphatic heterocycles. The maximum atomic E-state index is 12.5. The van der Waals surface area contributed by atoms with E-state index in [2.05, 4.69) is 22.3 Å². The third kappa shape index (κ3) is 5.24. The highest BCUT2D eigenvalue weighted by atomic mass is 35.5. The predicted molar refractivity (Wildman–Crippen MR) is 127 cm³/mol. The number of hydrogen-bond donors (Lipinski definition) is 2. The number of carbonyl (C=O) groups excluding carboxylic acids is 1.